The molecule has 0 radical (unpaired) electrons. The third-order valence-electron chi connectivity index (χ3n) is 4.61. The second-order valence-electron chi connectivity index (χ2n) is 6.39. The van der Waals surface area contributed by atoms with Crippen LogP contribution in [0.4, 0.5) is 0 Å². The fourth-order valence-electron chi connectivity index (χ4n) is 3.31. The van der Waals surface area contributed by atoms with E-state index in [-0.39, 0.29) is 5.75 Å². The molecular weight excluding hydrogens is 350 g/mol. The van der Waals surface area contributed by atoms with Crippen LogP contribution in [0, 0.1) is 0 Å². The second-order valence-corrected chi connectivity index (χ2v) is 8.36. The summed E-state index contributed by atoms with van der Waals surface area (Å²) in [6, 6.07) is 18.0. The molecule has 3 rings (SSSR count). The molecule has 1 aliphatic rings. The van der Waals surface area contributed by atoms with Gasteiger partial charge in [0.05, 0.1) is 5.75 Å². The first-order chi connectivity index (χ1) is 12.5. The van der Waals surface area contributed by atoms with Crippen LogP contribution in [0.2, 0.25) is 0 Å². The van der Waals surface area contributed by atoms with E-state index in [2.05, 4.69) is 0 Å². The zero-order chi connectivity index (χ0) is 18.6. The lowest BCUT2D eigenvalue weighted by atomic mass is 10.0. The van der Waals surface area contributed by atoms with Gasteiger partial charge >= 0.3 is 0 Å². The monoisotopic (exact) mass is 373 g/mol. The van der Waals surface area contributed by atoms with Gasteiger partial charge in [-0.05, 0) is 11.1 Å². The number of rotatable bonds is 6. The first kappa shape index (κ1) is 18.6. The number of sulfonamides is 1. The van der Waals surface area contributed by atoms with Crippen LogP contribution in [-0.4, -0.2) is 49.7 Å². The van der Waals surface area contributed by atoms with Crippen molar-refractivity contribution < 1.29 is 13.2 Å². The van der Waals surface area contributed by atoms with Crippen molar-refractivity contribution in [1.82, 2.24) is 9.21 Å². The lowest BCUT2D eigenvalue weighted by Crippen LogP contribution is -2.52. The van der Waals surface area contributed by atoms with Crippen molar-refractivity contribution in [3.05, 3.63) is 71.8 Å². The Morgan fingerprint density at radius 2 is 1.46 bits per heavy atom. The van der Waals surface area contributed by atoms with Gasteiger partial charge in [-0.1, -0.05) is 60.7 Å². The standard InChI is InChI=1S/C19H23N3O3S/c20-19(23)18(17-9-5-2-6-10-17)21-11-13-22(14-12-21)26(24,25)15-16-7-3-1-4-8-16/h1-10,18H,11-15H2,(H2,20,23)/t18-/m1/s1. The van der Waals surface area contributed by atoms with Crippen LogP contribution in [0.25, 0.3) is 0 Å². The van der Waals surface area contributed by atoms with Crippen LogP contribution >= 0.6 is 0 Å². The van der Waals surface area contributed by atoms with Crippen LogP contribution in [0.3, 0.4) is 0 Å². The number of hydrogen-bond donors (Lipinski definition) is 1. The minimum atomic E-state index is -3.38. The molecule has 2 aromatic carbocycles. The first-order valence-electron chi connectivity index (χ1n) is 8.57. The van der Waals surface area contributed by atoms with Crippen molar-refractivity contribution in [2.24, 2.45) is 5.73 Å². The molecule has 2 aromatic rings. The molecule has 1 amide bonds. The van der Waals surface area contributed by atoms with Gasteiger partial charge < -0.3 is 5.73 Å². The predicted octanol–water partition coefficient (Wildman–Crippen LogP) is 1.36. The van der Waals surface area contributed by atoms with Crippen molar-refractivity contribution in [2.75, 3.05) is 26.2 Å². The summed E-state index contributed by atoms with van der Waals surface area (Å²) < 4.78 is 26.8. The Kier molecular flexibility index (Phi) is 5.70. The normalized spacial score (nSPS) is 17.7. The zero-order valence-corrected chi connectivity index (χ0v) is 15.3. The average Bonchev–Trinajstić information content (AvgIpc) is 2.63. The maximum Gasteiger partial charge on any atom is 0.239 e. The third kappa shape index (κ3) is 4.30. The second kappa shape index (κ2) is 7.99. The van der Waals surface area contributed by atoms with Gasteiger partial charge in [0.25, 0.3) is 0 Å². The van der Waals surface area contributed by atoms with Gasteiger partial charge in [-0.2, -0.15) is 4.31 Å². The summed E-state index contributed by atoms with van der Waals surface area (Å²) in [7, 11) is -3.38. The quantitative estimate of drug-likeness (QED) is 0.829. The van der Waals surface area contributed by atoms with Gasteiger partial charge in [-0.15, -0.1) is 0 Å². The smallest absolute Gasteiger partial charge is 0.239 e. The molecule has 1 atom stereocenters. The van der Waals surface area contributed by atoms with E-state index in [9.17, 15) is 13.2 Å². The number of piperazine rings is 1. The van der Waals surface area contributed by atoms with E-state index in [0.29, 0.717) is 26.2 Å². The number of carbonyl (C=O) groups excluding carboxylic acids is 1. The van der Waals surface area contributed by atoms with E-state index < -0.39 is 22.0 Å². The highest BCUT2D eigenvalue weighted by atomic mass is 32.2. The largest absolute Gasteiger partial charge is 0.368 e. The Labute approximate surface area is 154 Å². The highest BCUT2D eigenvalue weighted by Gasteiger charge is 2.32. The maximum atomic E-state index is 12.7. The summed E-state index contributed by atoms with van der Waals surface area (Å²) in [5.41, 5.74) is 7.22. The molecule has 1 heterocycles. The summed E-state index contributed by atoms with van der Waals surface area (Å²) in [5.74, 6) is -0.428. The van der Waals surface area contributed by atoms with E-state index in [1.807, 2.05) is 65.6 Å². The third-order valence-corrected chi connectivity index (χ3v) is 6.46. The SMILES string of the molecule is NC(=O)[C@@H](c1ccccc1)N1CCN(S(=O)(=O)Cc2ccccc2)CC1. The van der Waals surface area contributed by atoms with E-state index in [1.54, 1.807) is 0 Å². The Morgan fingerprint density at radius 3 is 2.00 bits per heavy atom. The Balaban J connectivity index is 1.67. The number of amides is 1. The number of primary amides is 1. The van der Waals surface area contributed by atoms with Gasteiger partial charge in [0.2, 0.25) is 15.9 Å². The average molecular weight is 373 g/mol. The van der Waals surface area contributed by atoms with E-state index in [1.165, 1.54) is 4.31 Å². The molecule has 1 saturated heterocycles. The van der Waals surface area contributed by atoms with Gasteiger partial charge in [0, 0.05) is 26.2 Å². The topological polar surface area (TPSA) is 83.7 Å². The van der Waals surface area contributed by atoms with Crippen molar-refractivity contribution in [3.8, 4) is 0 Å². The molecule has 1 fully saturated rings. The van der Waals surface area contributed by atoms with Gasteiger partial charge in [-0.25, -0.2) is 8.42 Å². The number of nitrogens with two attached hydrogens (primary N) is 1. The van der Waals surface area contributed by atoms with Crippen molar-refractivity contribution >= 4 is 15.9 Å². The summed E-state index contributed by atoms with van der Waals surface area (Å²) in [6.07, 6.45) is 0. The Bertz CT molecular complexity index is 833. The van der Waals surface area contributed by atoms with Gasteiger partial charge in [0.15, 0.2) is 0 Å². The van der Waals surface area contributed by atoms with Crippen LogP contribution in [0.1, 0.15) is 17.2 Å². The summed E-state index contributed by atoms with van der Waals surface area (Å²) in [5, 5.41) is 0. The Hall–Kier alpha value is -2.22. The molecule has 26 heavy (non-hydrogen) atoms. The molecule has 6 nitrogen and oxygen atoms in total. The molecule has 7 heteroatoms. The molecule has 0 unspecified atom stereocenters. The summed E-state index contributed by atoms with van der Waals surface area (Å²) in [4.78, 5) is 13.9. The first-order valence-corrected chi connectivity index (χ1v) is 10.2. The molecule has 2 N–H and O–H groups in total. The summed E-state index contributed by atoms with van der Waals surface area (Å²) >= 11 is 0. The van der Waals surface area contributed by atoms with E-state index in [4.69, 9.17) is 5.73 Å². The minimum absolute atomic E-state index is 0.00816. The van der Waals surface area contributed by atoms with Gasteiger partial charge in [0.1, 0.15) is 6.04 Å². The van der Waals surface area contributed by atoms with Crippen LogP contribution in [-0.2, 0) is 20.6 Å². The van der Waals surface area contributed by atoms with Crippen molar-refractivity contribution in [3.63, 3.8) is 0 Å². The number of benzene rings is 2. The lowest BCUT2D eigenvalue weighted by molar-refractivity contribution is -0.124. The zero-order valence-electron chi connectivity index (χ0n) is 14.5. The van der Waals surface area contributed by atoms with Crippen LogP contribution in [0.5, 0.6) is 0 Å². The van der Waals surface area contributed by atoms with E-state index in [0.717, 1.165) is 11.1 Å². The molecule has 0 spiro atoms. The van der Waals surface area contributed by atoms with Crippen molar-refractivity contribution in [1.29, 1.82) is 0 Å². The fourth-order valence-corrected chi connectivity index (χ4v) is 4.82. The van der Waals surface area contributed by atoms with E-state index >= 15 is 0 Å². The minimum Gasteiger partial charge on any atom is -0.368 e. The van der Waals surface area contributed by atoms with Crippen LogP contribution < -0.4 is 5.73 Å². The Morgan fingerprint density at radius 1 is 0.923 bits per heavy atom. The predicted molar refractivity (Wildman–Crippen MR) is 101 cm³/mol. The van der Waals surface area contributed by atoms with Crippen molar-refractivity contribution in [2.45, 2.75) is 11.8 Å². The van der Waals surface area contributed by atoms with Crippen LogP contribution in [0.15, 0.2) is 60.7 Å². The number of hydrogen-bond acceptors (Lipinski definition) is 4. The molecule has 0 aliphatic carbocycles. The highest BCUT2D eigenvalue weighted by Crippen LogP contribution is 2.23. The molecule has 1 aliphatic heterocycles. The molecular formula is C19H23N3O3S. The molecule has 0 saturated carbocycles. The highest BCUT2D eigenvalue weighted by molar-refractivity contribution is 7.88. The number of nitrogens with zero attached hydrogens (tertiary/aromatic N) is 2. The molecule has 0 bridgehead atoms. The van der Waals surface area contributed by atoms with Gasteiger partial charge in [-0.3, -0.25) is 9.69 Å². The molecule has 0 aromatic heterocycles. The summed E-state index contributed by atoms with van der Waals surface area (Å²) in [6.45, 7) is 1.64. The fraction of sp³-hybridized carbons (Fsp3) is 0.316. The lowest BCUT2D eigenvalue weighted by Gasteiger charge is -2.37. The maximum absolute atomic E-state index is 12.7. The number of carbonyl (C=O) groups is 1. The molecule has 138 valence electrons.